The number of aliphatic hydroxyl groups excluding tert-OH is 1. The maximum absolute atomic E-state index is 11.1. The highest BCUT2D eigenvalue weighted by Crippen LogP contribution is 2.34. The summed E-state index contributed by atoms with van der Waals surface area (Å²) in [5.41, 5.74) is 3.28. The van der Waals surface area contributed by atoms with Gasteiger partial charge < -0.3 is 15.0 Å². The van der Waals surface area contributed by atoms with Gasteiger partial charge in [-0.25, -0.2) is 0 Å². The minimum absolute atomic E-state index is 0.0629. The van der Waals surface area contributed by atoms with Gasteiger partial charge >= 0.3 is 0 Å². The van der Waals surface area contributed by atoms with E-state index < -0.39 is 6.10 Å². The van der Waals surface area contributed by atoms with Crippen molar-refractivity contribution in [3.63, 3.8) is 0 Å². The molecule has 1 saturated heterocycles. The molecule has 1 unspecified atom stereocenters. The fraction of sp³-hybridized carbons (Fsp3) is 0.304. The molecule has 2 N–H and O–H groups in total. The monoisotopic (exact) mass is 436 g/mol. The lowest BCUT2D eigenvalue weighted by Crippen LogP contribution is -2.46. The topological polar surface area (TPSA) is 85.6 Å². The first-order valence-corrected chi connectivity index (χ1v) is 11.3. The zero-order valence-electron chi connectivity index (χ0n) is 17.0. The van der Waals surface area contributed by atoms with E-state index in [-0.39, 0.29) is 10.6 Å². The molecule has 8 heteroatoms. The molecule has 0 aliphatic carbocycles. The van der Waals surface area contributed by atoms with E-state index in [2.05, 4.69) is 39.0 Å². The van der Waals surface area contributed by atoms with Crippen LogP contribution >= 0.6 is 11.3 Å². The minimum Gasteiger partial charge on any atom is -0.388 e. The number of hydrogen-bond donors (Lipinski definition) is 2. The second-order valence-electron chi connectivity index (χ2n) is 7.98. The van der Waals surface area contributed by atoms with Crippen LogP contribution in [0.3, 0.4) is 0 Å². The Morgan fingerprint density at radius 3 is 2.77 bits per heavy atom. The predicted molar refractivity (Wildman–Crippen MR) is 125 cm³/mol. The lowest BCUT2D eigenvalue weighted by atomic mass is 10.0. The number of nitrogens with zero attached hydrogens (tertiary/aromatic N) is 3. The molecule has 0 radical (unpaired) electrons. The number of nitro benzene ring substituents is 1. The molecule has 5 rings (SSSR count). The minimum atomic E-state index is -0.623. The Morgan fingerprint density at radius 1 is 1.13 bits per heavy atom. The maximum Gasteiger partial charge on any atom is 0.270 e. The van der Waals surface area contributed by atoms with Gasteiger partial charge in [0.15, 0.2) is 0 Å². The summed E-state index contributed by atoms with van der Waals surface area (Å²) < 4.78 is 0.965. The van der Waals surface area contributed by atoms with Gasteiger partial charge in [0.05, 0.1) is 11.0 Å². The molecule has 2 aromatic carbocycles. The molecular formula is C23H24N4O3S. The average molecular weight is 437 g/mol. The number of aromatic nitrogens is 1. The molecule has 7 nitrogen and oxygen atoms in total. The van der Waals surface area contributed by atoms with Gasteiger partial charge in [-0.15, -0.1) is 11.3 Å². The van der Waals surface area contributed by atoms with Gasteiger partial charge in [-0.1, -0.05) is 6.07 Å². The van der Waals surface area contributed by atoms with Crippen molar-refractivity contribution in [1.29, 1.82) is 0 Å². The van der Waals surface area contributed by atoms with Crippen molar-refractivity contribution >= 4 is 43.7 Å². The number of nitrogens with one attached hydrogen (secondary N) is 1. The number of fused-ring (bicyclic) bond motifs is 2. The molecule has 2 aromatic heterocycles. The first kappa shape index (κ1) is 20.0. The van der Waals surface area contributed by atoms with Crippen LogP contribution in [0.5, 0.6) is 0 Å². The number of aliphatic hydroxyl groups is 1. The number of hydrogen-bond acceptors (Lipinski definition) is 6. The summed E-state index contributed by atoms with van der Waals surface area (Å²) in [6.45, 7) is 4.60. The van der Waals surface area contributed by atoms with E-state index in [1.54, 1.807) is 12.1 Å². The van der Waals surface area contributed by atoms with Crippen molar-refractivity contribution in [2.45, 2.75) is 12.5 Å². The number of nitro groups is 1. The zero-order valence-corrected chi connectivity index (χ0v) is 17.8. The Morgan fingerprint density at radius 2 is 1.97 bits per heavy atom. The van der Waals surface area contributed by atoms with E-state index >= 15 is 0 Å². The molecule has 0 saturated carbocycles. The van der Waals surface area contributed by atoms with E-state index in [9.17, 15) is 15.2 Å². The van der Waals surface area contributed by atoms with Crippen LogP contribution < -0.4 is 4.90 Å². The Balaban J connectivity index is 1.21. The van der Waals surface area contributed by atoms with Crippen LogP contribution in [0.2, 0.25) is 0 Å². The number of thiophene rings is 1. The van der Waals surface area contributed by atoms with Gasteiger partial charge in [0, 0.05) is 77.7 Å². The van der Waals surface area contributed by atoms with E-state index in [4.69, 9.17) is 0 Å². The summed E-state index contributed by atoms with van der Waals surface area (Å²) >= 11 is 1.52. The summed E-state index contributed by atoms with van der Waals surface area (Å²) in [5.74, 6) is 0. The number of non-ortho nitro benzene ring substituents is 1. The molecule has 0 amide bonds. The van der Waals surface area contributed by atoms with E-state index in [1.165, 1.54) is 28.5 Å². The number of anilines is 1. The van der Waals surface area contributed by atoms with E-state index in [0.717, 1.165) is 53.9 Å². The molecular weight excluding hydrogens is 412 g/mol. The summed E-state index contributed by atoms with van der Waals surface area (Å²) in [5, 5.41) is 25.9. The second kappa shape index (κ2) is 8.30. The lowest BCUT2D eigenvalue weighted by molar-refractivity contribution is -0.384. The third-order valence-electron chi connectivity index (χ3n) is 6.16. The number of piperazine rings is 1. The molecule has 0 spiro atoms. The van der Waals surface area contributed by atoms with Crippen molar-refractivity contribution in [3.8, 4) is 0 Å². The third-order valence-corrected chi connectivity index (χ3v) is 7.14. The Bertz CT molecular complexity index is 1230. The fourth-order valence-corrected chi connectivity index (χ4v) is 5.41. The van der Waals surface area contributed by atoms with E-state index in [1.807, 2.05) is 11.6 Å². The van der Waals surface area contributed by atoms with Crippen LogP contribution in [0.4, 0.5) is 11.4 Å². The number of H-pyrrole nitrogens is 1. The Hall–Kier alpha value is -2.94. The van der Waals surface area contributed by atoms with Gasteiger partial charge in [-0.2, -0.15) is 0 Å². The molecule has 160 valence electrons. The largest absolute Gasteiger partial charge is 0.388 e. The predicted octanol–water partition coefficient (Wildman–Crippen LogP) is 4.54. The highest BCUT2D eigenvalue weighted by molar-refractivity contribution is 7.17. The van der Waals surface area contributed by atoms with Gasteiger partial charge in [0.1, 0.15) is 0 Å². The highest BCUT2D eigenvalue weighted by atomic mass is 32.1. The van der Waals surface area contributed by atoms with Crippen molar-refractivity contribution < 1.29 is 10.0 Å². The number of aromatic amines is 1. The molecule has 1 fully saturated rings. The van der Waals surface area contributed by atoms with Crippen molar-refractivity contribution in [2.75, 3.05) is 37.6 Å². The van der Waals surface area contributed by atoms with Crippen LogP contribution in [0.25, 0.3) is 21.0 Å². The van der Waals surface area contributed by atoms with Crippen LogP contribution in [-0.4, -0.2) is 52.6 Å². The summed E-state index contributed by atoms with van der Waals surface area (Å²) in [4.78, 5) is 18.8. The quantitative estimate of drug-likeness (QED) is 0.342. The molecule has 1 atom stereocenters. The first-order chi connectivity index (χ1) is 15.1. The normalized spacial score (nSPS) is 16.2. The maximum atomic E-state index is 11.1. The lowest BCUT2D eigenvalue weighted by Gasteiger charge is -2.36. The SMILES string of the molecule is O=[N+]([O-])c1ccc2scc(C(O)CCN3CCN(c4cccc5[nH]ccc45)CC3)c2c1. The molecule has 1 aliphatic rings. The second-order valence-corrected chi connectivity index (χ2v) is 8.89. The highest BCUT2D eigenvalue weighted by Gasteiger charge is 2.21. The molecule has 4 aromatic rings. The van der Waals surface area contributed by atoms with Gasteiger partial charge in [-0.05, 0) is 41.6 Å². The standard InChI is InChI=1S/C23H24N4O3S/c28-22(19-15-31-23-5-4-16(27(29)30)14-18(19)23)7-9-25-10-12-26(13-11-25)21-3-1-2-20-17(21)6-8-24-20/h1-6,8,14-15,22,24,28H,7,9-13H2. The van der Waals surface area contributed by atoms with Gasteiger partial charge in [-0.3, -0.25) is 15.0 Å². The molecule has 31 heavy (non-hydrogen) atoms. The van der Waals surface area contributed by atoms with E-state index in [0.29, 0.717) is 6.42 Å². The zero-order chi connectivity index (χ0) is 21.4. The van der Waals surface area contributed by atoms with Crippen LogP contribution in [0, 0.1) is 10.1 Å². The summed E-state index contributed by atoms with van der Waals surface area (Å²) in [7, 11) is 0. The van der Waals surface area contributed by atoms with Crippen molar-refractivity contribution in [3.05, 3.63) is 69.7 Å². The average Bonchev–Trinajstić information content (AvgIpc) is 3.44. The number of benzene rings is 2. The fourth-order valence-electron chi connectivity index (χ4n) is 4.43. The Labute approximate surface area is 183 Å². The van der Waals surface area contributed by atoms with Crippen molar-refractivity contribution in [1.82, 2.24) is 9.88 Å². The summed E-state index contributed by atoms with van der Waals surface area (Å²) in [6, 6.07) is 13.3. The van der Waals surface area contributed by atoms with Crippen molar-refractivity contribution in [2.24, 2.45) is 0 Å². The smallest absolute Gasteiger partial charge is 0.270 e. The van der Waals surface area contributed by atoms with Gasteiger partial charge in [0.2, 0.25) is 0 Å². The van der Waals surface area contributed by atoms with Crippen LogP contribution in [-0.2, 0) is 0 Å². The van der Waals surface area contributed by atoms with Gasteiger partial charge in [0.25, 0.3) is 5.69 Å². The molecule has 3 heterocycles. The summed E-state index contributed by atoms with van der Waals surface area (Å²) in [6.07, 6.45) is 1.97. The molecule has 1 aliphatic heterocycles. The third kappa shape index (κ3) is 3.89. The Kier molecular flexibility index (Phi) is 5.35. The molecule has 0 bridgehead atoms. The first-order valence-electron chi connectivity index (χ1n) is 10.5. The van der Waals surface area contributed by atoms with Crippen LogP contribution in [0.15, 0.2) is 54.0 Å². The van der Waals surface area contributed by atoms with Crippen LogP contribution in [0.1, 0.15) is 18.1 Å². The number of rotatable bonds is 6.